The topological polar surface area (TPSA) is 77.5 Å². The van der Waals surface area contributed by atoms with E-state index in [4.69, 9.17) is 11.6 Å². The average molecular weight is 348 g/mol. The fraction of sp³-hybridized carbons (Fsp3) is 0.0667. The molecule has 8 heteroatoms. The molecule has 0 N–H and O–H groups in total. The van der Waals surface area contributed by atoms with Gasteiger partial charge < -0.3 is 0 Å². The molecule has 116 valence electrons. The van der Waals surface area contributed by atoms with Gasteiger partial charge in [0.05, 0.1) is 10.6 Å². The van der Waals surface area contributed by atoms with E-state index in [0.29, 0.717) is 16.4 Å². The molecule has 0 saturated heterocycles. The number of rotatable bonds is 4. The molecular formula is C15H10ClN3O3S. The summed E-state index contributed by atoms with van der Waals surface area (Å²) in [5.41, 5.74) is 1.28. The third-order valence-electron chi connectivity index (χ3n) is 3.34. The number of hydrogen-bond acceptors (Lipinski definition) is 5. The first-order valence-electron chi connectivity index (χ1n) is 6.56. The first kappa shape index (κ1) is 15.4. The van der Waals surface area contributed by atoms with Crippen molar-refractivity contribution < 1.29 is 9.72 Å². The number of aromatic nitrogens is 2. The molecule has 0 unspecified atom stereocenters. The van der Waals surface area contributed by atoms with Gasteiger partial charge in [-0.05, 0) is 19.1 Å². The zero-order valence-corrected chi connectivity index (χ0v) is 13.5. The number of nitro benzene ring substituents is 1. The van der Waals surface area contributed by atoms with Gasteiger partial charge >= 0.3 is 0 Å². The van der Waals surface area contributed by atoms with E-state index < -0.39 is 4.92 Å². The number of benzene rings is 1. The molecule has 0 fully saturated rings. The molecule has 3 rings (SSSR count). The van der Waals surface area contributed by atoms with E-state index in [-0.39, 0.29) is 17.0 Å². The first-order chi connectivity index (χ1) is 11.0. The predicted octanol–water partition coefficient (Wildman–Crippen LogP) is 4.16. The molecule has 2 heterocycles. The van der Waals surface area contributed by atoms with Gasteiger partial charge in [0, 0.05) is 28.8 Å². The number of fused-ring (bicyclic) bond motifs is 1. The summed E-state index contributed by atoms with van der Waals surface area (Å²) in [5, 5.41) is 13.1. The minimum atomic E-state index is -0.501. The minimum Gasteiger partial charge on any atom is -0.289 e. The van der Waals surface area contributed by atoms with Crippen LogP contribution < -0.4 is 0 Å². The van der Waals surface area contributed by atoms with E-state index in [1.165, 1.54) is 23.5 Å². The lowest BCUT2D eigenvalue weighted by molar-refractivity contribution is -0.385. The molecular weight excluding hydrogens is 338 g/mol. The third kappa shape index (κ3) is 2.88. The summed E-state index contributed by atoms with van der Waals surface area (Å²) >= 11 is 7.48. The smallest absolute Gasteiger partial charge is 0.273 e. The van der Waals surface area contributed by atoms with Crippen molar-refractivity contribution in [3.05, 3.63) is 67.9 Å². The second-order valence-electron chi connectivity index (χ2n) is 4.80. The summed E-state index contributed by atoms with van der Waals surface area (Å²) in [6.45, 7) is 1.63. The van der Waals surface area contributed by atoms with Gasteiger partial charge in [0.1, 0.15) is 0 Å². The zero-order chi connectivity index (χ0) is 16.6. The number of nitrogens with zero attached hydrogens (tertiary/aromatic N) is 3. The molecule has 0 atom stereocenters. The van der Waals surface area contributed by atoms with Crippen molar-refractivity contribution in [3.63, 3.8) is 0 Å². The van der Waals surface area contributed by atoms with Crippen LogP contribution in [-0.2, 0) is 0 Å². The van der Waals surface area contributed by atoms with Crippen molar-refractivity contribution in [2.45, 2.75) is 6.92 Å². The number of halogens is 1. The summed E-state index contributed by atoms with van der Waals surface area (Å²) in [5.74, 6) is -0.339. The van der Waals surface area contributed by atoms with Crippen molar-refractivity contribution in [2.24, 2.45) is 0 Å². The normalized spacial score (nSPS) is 11.4. The van der Waals surface area contributed by atoms with Crippen molar-refractivity contribution in [2.75, 3.05) is 0 Å². The Labute approximate surface area is 139 Å². The monoisotopic (exact) mass is 347 g/mol. The van der Waals surface area contributed by atoms with Crippen LogP contribution in [0.25, 0.3) is 11.0 Å². The van der Waals surface area contributed by atoms with Crippen LogP contribution >= 0.6 is 22.9 Å². The van der Waals surface area contributed by atoms with Gasteiger partial charge in [-0.25, -0.2) is 4.98 Å². The quantitative estimate of drug-likeness (QED) is 0.307. The van der Waals surface area contributed by atoms with Crippen molar-refractivity contribution in [1.82, 2.24) is 9.38 Å². The predicted molar refractivity (Wildman–Crippen MR) is 89.3 cm³/mol. The Morgan fingerprint density at radius 3 is 3.00 bits per heavy atom. The molecule has 0 aliphatic rings. The van der Waals surface area contributed by atoms with Gasteiger partial charge in [0.15, 0.2) is 15.9 Å². The van der Waals surface area contributed by atoms with Crippen molar-refractivity contribution in [1.29, 1.82) is 0 Å². The Morgan fingerprint density at radius 1 is 1.48 bits per heavy atom. The molecule has 0 amide bonds. The standard InChI is InChI=1S/C15H10ClN3O3S/c1-9-2-3-10(8-12(9)19(21)22)13(20)5-4-11-14(16)17-15-18(11)6-7-23-15/h2-8H,1H3/b5-4+. The van der Waals surface area contributed by atoms with Gasteiger partial charge in [-0.1, -0.05) is 23.7 Å². The number of allylic oxidation sites excluding steroid dienone is 1. The molecule has 0 radical (unpaired) electrons. The molecule has 0 aliphatic heterocycles. The summed E-state index contributed by atoms with van der Waals surface area (Å²) < 4.78 is 1.77. The highest BCUT2D eigenvalue weighted by molar-refractivity contribution is 7.15. The third-order valence-corrected chi connectivity index (χ3v) is 4.37. The Kier molecular flexibility index (Phi) is 3.97. The molecule has 0 spiro atoms. The number of carbonyl (C=O) groups excluding carboxylic acids is 1. The minimum absolute atomic E-state index is 0.0770. The number of carbonyl (C=O) groups is 1. The van der Waals surface area contributed by atoms with E-state index >= 15 is 0 Å². The first-order valence-corrected chi connectivity index (χ1v) is 7.81. The van der Waals surface area contributed by atoms with E-state index in [1.54, 1.807) is 35.7 Å². The number of imidazole rings is 1. The largest absolute Gasteiger partial charge is 0.289 e. The summed E-state index contributed by atoms with van der Waals surface area (Å²) in [6, 6.07) is 4.40. The summed E-state index contributed by atoms with van der Waals surface area (Å²) in [4.78, 5) is 27.6. The Balaban J connectivity index is 1.92. The molecule has 0 bridgehead atoms. The van der Waals surface area contributed by atoms with E-state index in [2.05, 4.69) is 4.98 Å². The highest BCUT2D eigenvalue weighted by Crippen LogP contribution is 2.23. The fourth-order valence-electron chi connectivity index (χ4n) is 2.14. The molecule has 1 aromatic carbocycles. The fourth-order valence-corrected chi connectivity index (χ4v) is 3.14. The van der Waals surface area contributed by atoms with Crippen LogP contribution in [0, 0.1) is 17.0 Å². The number of hydrogen-bond donors (Lipinski definition) is 0. The van der Waals surface area contributed by atoms with Gasteiger partial charge in [-0.15, -0.1) is 11.3 Å². The number of aryl methyl sites for hydroxylation is 1. The number of nitro groups is 1. The Bertz CT molecular complexity index is 958. The molecule has 0 aliphatic carbocycles. The molecule has 6 nitrogen and oxygen atoms in total. The maximum Gasteiger partial charge on any atom is 0.273 e. The average Bonchev–Trinajstić information content (AvgIpc) is 3.06. The molecule has 2 aromatic heterocycles. The van der Waals surface area contributed by atoms with Crippen LogP contribution in [0.3, 0.4) is 0 Å². The van der Waals surface area contributed by atoms with Crippen LogP contribution in [0.15, 0.2) is 35.9 Å². The molecule has 23 heavy (non-hydrogen) atoms. The van der Waals surface area contributed by atoms with Crippen LogP contribution in [-0.4, -0.2) is 20.1 Å². The lowest BCUT2D eigenvalue weighted by Gasteiger charge is -2.00. The van der Waals surface area contributed by atoms with Crippen LogP contribution in [0.4, 0.5) is 5.69 Å². The van der Waals surface area contributed by atoms with Crippen LogP contribution in [0.1, 0.15) is 21.6 Å². The zero-order valence-electron chi connectivity index (χ0n) is 11.9. The maximum atomic E-state index is 12.2. The van der Waals surface area contributed by atoms with Crippen molar-refractivity contribution in [3.8, 4) is 0 Å². The molecule has 0 saturated carbocycles. The van der Waals surface area contributed by atoms with Gasteiger partial charge in [0.25, 0.3) is 5.69 Å². The SMILES string of the molecule is Cc1ccc(C(=O)/C=C/c2c(Cl)nc3sccn23)cc1[N+](=O)[O-]. The highest BCUT2D eigenvalue weighted by Gasteiger charge is 2.14. The summed E-state index contributed by atoms with van der Waals surface area (Å²) in [7, 11) is 0. The molecule has 3 aromatic rings. The van der Waals surface area contributed by atoms with Gasteiger partial charge in [-0.3, -0.25) is 19.3 Å². The second kappa shape index (κ2) is 5.94. The van der Waals surface area contributed by atoms with Gasteiger partial charge in [-0.2, -0.15) is 0 Å². The number of ketones is 1. The Morgan fingerprint density at radius 2 is 2.26 bits per heavy atom. The Hall–Kier alpha value is -2.51. The van der Waals surface area contributed by atoms with Crippen LogP contribution in [0.2, 0.25) is 5.15 Å². The van der Waals surface area contributed by atoms with Crippen molar-refractivity contribution >= 4 is 45.4 Å². The van der Waals surface area contributed by atoms with E-state index in [1.807, 2.05) is 5.38 Å². The second-order valence-corrected chi connectivity index (χ2v) is 6.03. The number of thiazole rings is 1. The van der Waals surface area contributed by atoms with Crippen LogP contribution in [0.5, 0.6) is 0 Å². The lowest BCUT2D eigenvalue weighted by Crippen LogP contribution is -1.98. The lowest BCUT2D eigenvalue weighted by atomic mass is 10.1. The maximum absolute atomic E-state index is 12.2. The van der Waals surface area contributed by atoms with E-state index in [9.17, 15) is 14.9 Å². The van der Waals surface area contributed by atoms with E-state index in [0.717, 1.165) is 4.96 Å². The highest BCUT2D eigenvalue weighted by atomic mass is 35.5. The van der Waals surface area contributed by atoms with Gasteiger partial charge in [0.2, 0.25) is 0 Å². The summed E-state index contributed by atoms with van der Waals surface area (Å²) in [6.07, 6.45) is 4.70.